The lowest BCUT2D eigenvalue weighted by atomic mass is 10.0. The van der Waals surface area contributed by atoms with Gasteiger partial charge in [-0.2, -0.15) is 0 Å². The van der Waals surface area contributed by atoms with Gasteiger partial charge in [-0.25, -0.2) is 4.99 Å². The number of aromatic nitrogens is 1. The molecule has 0 saturated heterocycles. The average molecular weight is 336 g/mol. The number of guanidine groups is 1. The maximum Gasteiger partial charge on any atom is 0.191 e. The summed E-state index contributed by atoms with van der Waals surface area (Å²) in [5.41, 5.74) is 2.55. The molecule has 1 aliphatic rings. The number of rotatable bonds is 10. The summed E-state index contributed by atoms with van der Waals surface area (Å²) in [4.78, 5) is 4.75. The van der Waals surface area contributed by atoms with Gasteiger partial charge < -0.3 is 19.9 Å². The molecule has 24 heavy (non-hydrogen) atoms. The van der Waals surface area contributed by atoms with Crippen molar-refractivity contribution in [3.05, 3.63) is 17.0 Å². The van der Waals surface area contributed by atoms with Crippen molar-refractivity contribution in [2.24, 2.45) is 10.4 Å². The van der Waals surface area contributed by atoms with Gasteiger partial charge in [0.05, 0.1) is 12.2 Å². The van der Waals surface area contributed by atoms with E-state index in [1.54, 1.807) is 7.11 Å². The minimum atomic E-state index is 0.395. The van der Waals surface area contributed by atoms with E-state index in [0.717, 1.165) is 61.9 Å². The highest BCUT2D eigenvalue weighted by Gasteiger charge is 2.41. The highest BCUT2D eigenvalue weighted by molar-refractivity contribution is 5.79. The van der Waals surface area contributed by atoms with Crippen molar-refractivity contribution in [2.45, 2.75) is 59.4 Å². The Bertz CT molecular complexity index is 514. The molecule has 2 N–H and O–H groups in total. The lowest BCUT2D eigenvalue weighted by molar-refractivity contribution is 0.172. The first-order valence-corrected chi connectivity index (χ1v) is 9.15. The fraction of sp³-hybridized carbons (Fsp3) is 0.778. The molecular formula is C18H32N4O2. The molecule has 1 aromatic heterocycles. The normalized spacial score (nSPS) is 16.2. The first-order chi connectivity index (χ1) is 11.7. The molecule has 0 amide bonds. The van der Waals surface area contributed by atoms with Crippen LogP contribution in [0.25, 0.3) is 0 Å². The van der Waals surface area contributed by atoms with E-state index < -0.39 is 0 Å². The van der Waals surface area contributed by atoms with Gasteiger partial charge >= 0.3 is 0 Å². The molecule has 0 unspecified atom stereocenters. The van der Waals surface area contributed by atoms with Crippen molar-refractivity contribution < 1.29 is 9.26 Å². The van der Waals surface area contributed by atoms with Gasteiger partial charge in [0.1, 0.15) is 5.76 Å². The van der Waals surface area contributed by atoms with Crippen molar-refractivity contribution in [3.63, 3.8) is 0 Å². The second-order valence-electron chi connectivity index (χ2n) is 6.53. The summed E-state index contributed by atoms with van der Waals surface area (Å²) >= 11 is 0. The van der Waals surface area contributed by atoms with Gasteiger partial charge in [-0.05, 0) is 38.0 Å². The highest BCUT2D eigenvalue weighted by atomic mass is 16.5. The molecule has 0 radical (unpaired) electrons. The van der Waals surface area contributed by atoms with Gasteiger partial charge in [0.15, 0.2) is 5.96 Å². The average Bonchev–Trinajstić information content (AvgIpc) is 3.26. The molecule has 1 saturated carbocycles. The van der Waals surface area contributed by atoms with Crippen molar-refractivity contribution in [1.29, 1.82) is 0 Å². The lowest BCUT2D eigenvalue weighted by Crippen LogP contribution is -2.40. The van der Waals surface area contributed by atoms with Gasteiger partial charge in [-0.3, -0.25) is 0 Å². The fourth-order valence-corrected chi connectivity index (χ4v) is 2.90. The van der Waals surface area contributed by atoms with E-state index in [9.17, 15) is 0 Å². The molecule has 1 aromatic rings. The standard InChI is InChI=1S/C18H32N4O2/c1-5-15-14(16(6-2)24-22-15)12-20-17(19-7-3)21-13-18(8-9-18)10-11-23-4/h5-13H2,1-4H3,(H2,19,20,21). The van der Waals surface area contributed by atoms with E-state index in [4.69, 9.17) is 14.3 Å². The minimum absolute atomic E-state index is 0.395. The van der Waals surface area contributed by atoms with Crippen LogP contribution in [-0.4, -0.2) is 37.9 Å². The van der Waals surface area contributed by atoms with Crippen LogP contribution in [0.2, 0.25) is 0 Å². The Hall–Kier alpha value is -1.56. The van der Waals surface area contributed by atoms with Gasteiger partial charge in [-0.1, -0.05) is 19.0 Å². The first kappa shape index (κ1) is 18.8. The van der Waals surface area contributed by atoms with Crippen LogP contribution in [0.1, 0.15) is 57.1 Å². The molecule has 6 heteroatoms. The molecule has 0 spiro atoms. The van der Waals surface area contributed by atoms with Crippen molar-refractivity contribution in [1.82, 2.24) is 15.8 Å². The van der Waals surface area contributed by atoms with Gasteiger partial charge in [0.25, 0.3) is 0 Å². The number of nitrogens with zero attached hydrogens (tertiary/aromatic N) is 2. The van der Waals surface area contributed by atoms with Crippen LogP contribution in [-0.2, 0) is 24.1 Å². The SMILES string of the molecule is CCNC(=NCc1c(CC)noc1CC)NCC1(CCOC)CC1. The number of hydrogen-bond acceptors (Lipinski definition) is 4. The Morgan fingerprint density at radius 1 is 1.25 bits per heavy atom. The fourth-order valence-electron chi connectivity index (χ4n) is 2.90. The highest BCUT2D eigenvalue weighted by Crippen LogP contribution is 2.48. The zero-order valence-corrected chi connectivity index (χ0v) is 15.6. The van der Waals surface area contributed by atoms with E-state index in [2.05, 4.69) is 36.6 Å². The van der Waals surface area contributed by atoms with Crippen LogP contribution < -0.4 is 10.6 Å². The van der Waals surface area contributed by atoms with Crippen LogP contribution >= 0.6 is 0 Å². The van der Waals surface area contributed by atoms with E-state index in [0.29, 0.717) is 12.0 Å². The van der Waals surface area contributed by atoms with Crippen LogP contribution in [0.15, 0.2) is 9.52 Å². The number of methoxy groups -OCH3 is 1. The number of nitrogens with one attached hydrogen (secondary N) is 2. The third-order valence-corrected chi connectivity index (χ3v) is 4.77. The molecule has 0 atom stereocenters. The molecule has 6 nitrogen and oxygen atoms in total. The van der Waals surface area contributed by atoms with Crippen LogP contribution in [0.5, 0.6) is 0 Å². The Morgan fingerprint density at radius 2 is 2.04 bits per heavy atom. The Balaban J connectivity index is 1.97. The summed E-state index contributed by atoms with van der Waals surface area (Å²) in [7, 11) is 1.77. The molecule has 1 fully saturated rings. The molecule has 136 valence electrons. The van der Waals surface area contributed by atoms with E-state index in [-0.39, 0.29) is 0 Å². The van der Waals surface area contributed by atoms with Crippen molar-refractivity contribution in [3.8, 4) is 0 Å². The Kier molecular flexibility index (Phi) is 7.09. The predicted molar refractivity (Wildman–Crippen MR) is 96.2 cm³/mol. The smallest absolute Gasteiger partial charge is 0.191 e. The van der Waals surface area contributed by atoms with E-state index >= 15 is 0 Å². The summed E-state index contributed by atoms with van der Waals surface area (Å²) in [5, 5.41) is 11.0. The molecule has 0 aromatic carbocycles. The van der Waals surface area contributed by atoms with E-state index in [1.807, 2.05) is 0 Å². The summed E-state index contributed by atoms with van der Waals surface area (Å²) in [6, 6.07) is 0. The van der Waals surface area contributed by atoms with Crippen molar-refractivity contribution in [2.75, 3.05) is 26.8 Å². The predicted octanol–water partition coefficient (Wildman–Crippen LogP) is 2.67. The molecule has 0 bridgehead atoms. The maximum atomic E-state index is 5.42. The third kappa shape index (κ3) is 4.97. The van der Waals surface area contributed by atoms with Crippen molar-refractivity contribution >= 4 is 5.96 Å². The summed E-state index contributed by atoms with van der Waals surface area (Å²) in [5.74, 6) is 1.82. The van der Waals surface area contributed by atoms with Gasteiger partial charge in [-0.15, -0.1) is 0 Å². The number of aliphatic imine (C=N–C) groups is 1. The summed E-state index contributed by atoms with van der Waals surface area (Å²) in [6.45, 7) is 9.51. The number of ether oxygens (including phenoxy) is 1. The minimum Gasteiger partial charge on any atom is -0.385 e. The second kappa shape index (κ2) is 9.06. The molecule has 0 aliphatic heterocycles. The van der Waals surface area contributed by atoms with Gasteiger partial charge in [0, 0.05) is 38.8 Å². The Morgan fingerprint density at radius 3 is 2.62 bits per heavy atom. The Labute approximate surface area is 145 Å². The monoisotopic (exact) mass is 336 g/mol. The zero-order chi connectivity index (χ0) is 17.4. The molecule has 2 rings (SSSR count). The zero-order valence-electron chi connectivity index (χ0n) is 15.6. The largest absolute Gasteiger partial charge is 0.385 e. The maximum absolute atomic E-state index is 5.42. The quantitative estimate of drug-likeness (QED) is 0.508. The second-order valence-corrected chi connectivity index (χ2v) is 6.53. The molecule has 1 aliphatic carbocycles. The van der Waals surface area contributed by atoms with E-state index in [1.165, 1.54) is 12.8 Å². The molecule has 1 heterocycles. The third-order valence-electron chi connectivity index (χ3n) is 4.77. The van der Waals surface area contributed by atoms with Gasteiger partial charge in [0.2, 0.25) is 0 Å². The number of hydrogen-bond donors (Lipinski definition) is 2. The van der Waals surface area contributed by atoms with Crippen LogP contribution in [0.3, 0.4) is 0 Å². The molecular weight excluding hydrogens is 304 g/mol. The summed E-state index contributed by atoms with van der Waals surface area (Å²) in [6.07, 6.45) is 5.38. The lowest BCUT2D eigenvalue weighted by Gasteiger charge is -2.18. The van der Waals surface area contributed by atoms with Crippen LogP contribution in [0, 0.1) is 5.41 Å². The first-order valence-electron chi connectivity index (χ1n) is 9.15. The topological polar surface area (TPSA) is 71.7 Å². The summed E-state index contributed by atoms with van der Waals surface area (Å²) < 4.78 is 10.7. The number of aryl methyl sites for hydroxylation is 2. The van der Waals surface area contributed by atoms with Crippen LogP contribution in [0.4, 0.5) is 0 Å².